The van der Waals surface area contributed by atoms with Gasteiger partial charge < -0.3 is 5.73 Å². The van der Waals surface area contributed by atoms with Crippen LogP contribution in [0.2, 0.25) is 0 Å². The van der Waals surface area contributed by atoms with Gasteiger partial charge in [0.05, 0.1) is 0 Å². The summed E-state index contributed by atoms with van der Waals surface area (Å²) in [4.78, 5) is 4.12. The summed E-state index contributed by atoms with van der Waals surface area (Å²) >= 11 is 3.40. The molecule has 0 bridgehead atoms. The van der Waals surface area contributed by atoms with Gasteiger partial charge in [-0.1, -0.05) is 11.6 Å². The highest BCUT2D eigenvalue weighted by atomic mass is 79.9. The van der Waals surface area contributed by atoms with Gasteiger partial charge in [-0.05, 0) is 53.9 Å². The van der Waals surface area contributed by atoms with Crippen molar-refractivity contribution in [3.05, 3.63) is 40.1 Å². The summed E-state index contributed by atoms with van der Waals surface area (Å²) in [6.07, 6.45) is 7.77. The van der Waals surface area contributed by atoms with Crippen LogP contribution in [0.1, 0.15) is 18.9 Å². The highest BCUT2D eigenvalue weighted by Crippen LogP contribution is 2.13. The summed E-state index contributed by atoms with van der Waals surface area (Å²) < 4.78 is 1.03. The number of nitrogens with zero attached hydrogens (tertiary/aromatic N) is 1. The van der Waals surface area contributed by atoms with E-state index in [1.807, 2.05) is 6.20 Å². The fourth-order valence-corrected chi connectivity index (χ4v) is 1.69. The van der Waals surface area contributed by atoms with Crippen LogP contribution >= 0.6 is 15.9 Å². The van der Waals surface area contributed by atoms with Crippen molar-refractivity contribution in [2.75, 3.05) is 6.54 Å². The van der Waals surface area contributed by atoms with Crippen molar-refractivity contribution in [1.29, 1.82) is 0 Å². The van der Waals surface area contributed by atoms with Crippen LogP contribution in [0.25, 0.3) is 0 Å². The van der Waals surface area contributed by atoms with E-state index in [1.54, 1.807) is 6.20 Å². The molecule has 1 aromatic rings. The quantitative estimate of drug-likeness (QED) is 0.840. The topological polar surface area (TPSA) is 38.9 Å². The fourth-order valence-electron chi connectivity index (χ4n) is 1.28. The molecule has 0 saturated carbocycles. The molecule has 0 unspecified atom stereocenters. The van der Waals surface area contributed by atoms with E-state index in [-0.39, 0.29) is 0 Å². The van der Waals surface area contributed by atoms with Crippen LogP contribution in [0.5, 0.6) is 0 Å². The van der Waals surface area contributed by atoms with Crippen LogP contribution in [0.15, 0.2) is 34.6 Å². The predicted molar refractivity (Wildman–Crippen MR) is 63.1 cm³/mol. The Morgan fingerprint density at radius 3 is 3.00 bits per heavy atom. The second-order valence-electron chi connectivity index (χ2n) is 3.32. The summed E-state index contributed by atoms with van der Waals surface area (Å²) in [5.74, 6) is 0. The van der Waals surface area contributed by atoms with Crippen molar-refractivity contribution < 1.29 is 0 Å². The lowest BCUT2D eigenvalue weighted by molar-refractivity contribution is 0.979. The second-order valence-corrected chi connectivity index (χ2v) is 4.23. The minimum atomic E-state index is 0.716. The maximum absolute atomic E-state index is 5.43. The Balaban J connectivity index is 2.60. The lowest BCUT2D eigenvalue weighted by Crippen LogP contribution is -1.97. The summed E-state index contributed by atoms with van der Waals surface area (Å²) in [5, 5.41) is 0. The van der Waals surface area contributed by atoms with Crippen LogP contribution in [0.3, 0.4) is 0 Å². The molecule has 0 amide bonds. The number of halogens is 1. The molecule has 14 heavy (non-hydrogen) atoms. The first-order valence-electron chi connectivity index (χ1n) is 4.67. The molecule has 0 aliphatic rings. The molecule has 0 atom stereocenters. The normalized spacial score (nSPS) is 11.8. The van der Waals surface area contributed by atoms with E-state index in [0.29, 0.717) is 6.54 Å². The predicted octanol–water partition coefficient (Wildman–Crippen LogP) is 2.68. The van der Waals surface area contributed by atoms with Crippen molar-refractivity contribution in [2.45, 2.75) is 19.8 Å². The Morgan fingerprint density at radius 2 is 2.36 bits per heavy atom. The zero-order valence-electron chi connectivity index (χ0n) is 8.33. The fraction of sp³-hybridized carbons (Fsp3) is 0.364. The Morgan fingerprint density at radius 1 is 1.57 bits per heavy atom. The van der Waals surface area contributed by atoms with Gasteiger partial charge in [0.15, 0.2) is 0 Å². The highest BCUT2D eigenvalue weighted by molar-refractivity contribution is 9.10. The first kappa shape index (κ1) is 11.4. The van der Waals surface area contributed by atoms with Crippen LogP contribution in [-0.2, 0) is 6.42 Å². The van der Waals surface area contributed by atoms with Gasteiger partial charge in [0.2, 0.25) is 0 Å². The molecule has 1 rings (SSSR count). The van der Waals surface area contributed by atoms with E-state index in [1.165, 1.54) is 11.1 Å². The molecule has 76 valence electrons. The lowest BCUT2D eigenvalue weighted by atomic mass is 10.1. The first-order valence-corrected chi connectivity index (χ1v) is 5.47. The Labute approximate surface area is 93.4 Å². The van der Waals surface area contributed by atoms with Crippen LogP contribution in [-0.4, -0.2) is 11.5 Å². The Bertz CT molecular complexity index is 321. The smallest absolute Gasteiger partial charge is 0.0410 e. The van der Waals surface area contributed by atoms with E-state index in [0.717, 1.165) is 17.3 Å². The SMILES string of the molecule is C/C(=C/CCN)Cc1cncc(Br)c1. The van der Waals surface area contributed by atoms with Gasteiger partial charge >= 0.3 is 0 Å². The molecule has 0 spiro atoms. The molecule has 3 heteroatoms. The van der Waals surface area contributed by atoms with Gasteiger partial charge in [-0.3, -0.25) is 4.98 Å². The first-order chi connectivity index (χ1) is 6.72. The molecule has 0 fully saturated rings. The zero-order chi connectivity index (χ0) is 10.4. The second kappa shape index (κ2) is 5.94. The number of nitrogens with two attached hydrogens (primary N) is 1. The molecule has 2 nitrogen and oxygen atoms in total. The Kier molecular flexibility index (Phi) is 4.84. The van der Waals surface area contributed by atoms with Crippen molar-refractivity contribution in [3.63, 3.8) is 0 Å². The minimum Gasteiger partial charge on any atom is -0.330 e. The minimum absolute atomic E-state index is 0.716. The van der Waals surface area contributed by atoms with Crippen LogP contribution in [0.4, 0.5) is 0 Å². The van der Waals surface area contributed by atoms with E-state index >= 15 is 0 Å². The van der Waals surface area contributed by atoms with Gasteiger partial charge in [0.25, 0.3) is 0 Å². The van der Waals surface area contributed by atoms with Crippen molar-refractivity contribution in [2.24, 2.45) is 5.73 Å². The summed E-state index contributed by atoms with van der Waals surface area (Å²) in [6, 6.07) is 2.09. The average Bonchev–Trinajstić information content (AvgIpc) is 2.15. The molecular formula is C11H15BrN2. The molecular weight excluding hydrogens is 240 g/mol. The van der Waals surface area contributed by atoms with Gasteiger partial charge in [0, 0.05) is 16.9 Å². The van der Waals surface area contributed by atoms with E-state index in [2.05, 4.69) is 40.0 Å². The molecule has 0 saturated heterocycles. The summed E-state index contributed by atoms with van der Waals surface area (Å²) in [5.41, 5.74) is 8.00. The third-order valence-corrected chi connectivity index (χ3v) is 2.34. The third kappa shape index (κ3) is 4.03. The molecule has 1 aromatic heterocycles. The van der Waals surface area contributed by atoms with E-state index in [4.69, 9.17) is 5.73 Å². The number of pyridine rings is 1. The standard InChI is InChI=1S/C11H15BrN2/c1-9(3-2-4-13)5-10-6-11(12)8-14-7-10/h3,6-8H,2,4-5,13H2,1H3/b9-3-. The number of allylic oxidation sites excluding steroid dienone is 1. The monoisotopic (exact) mass is 254 g/mol. The number of rotatable bonds is 4. The van der Waals surface area contributed by atoms with Crippen molar-refractivity contribution in [3.8, 4) is 0 Å². The van der Waals surface area contributed by atoms with Gasteiger partial charge in [-0.15, -0.1) is 0 Å². The average molecular weight is 255 g/mol. The lowest BCUT2D eigenvalue weighted by Gasteiger charge is -2.01. The van der Waals surface area contributed by atoms with Gasteiger partial charge in [-0.2, -0.15) is 0 Å². The zero-order valence-corrected chi connectivity index (χ0v) is 9.92. The highest BCUT2D eigenvalue weighted by Gasteiger charge is 1.96. The summed E-state index contributed by atoms with van der Waals surface area (Å²) in [7, 11) is 0. The number of aromatic nitrogens is 1. The van der Waals surface area contributed by atoms with Gasteiger partial charge in [-0.25, -0.2) is 0 Å². The maximum Gasteiger partial charge on any atom is 0.0410 e. The van der Waals surface area contributed by atoms with E-state index < -0.39 is 0 Å². The molecule has 2 N–H and O–H groups in total. The molecule has 0 radical (unpaired) electrons. The molecule has 0 aliphatic carbocycles. The van der Waals surface area contributed by atoms with E-state index in [9.17, 15) is 0 Å². The number of hydrogen-bond donors (Lipinski definition) is 1. The van der Waals surface area contributed by atoms with Crippen molar-refractivity contribution in [1.82, 2.24) is 4.98 Å². The third-order valence-electron chi connectivity index (χ3n) is 1.90. The van der Waals surface area contributed by atoms with Crippen LogP contribution in [0, 0.1) is 0 Å². The van der Waals surface area contributed by atoms with Crippen LogP contribution < -0.4 is 5.73 Å². The molecule has 0 aromatic carbocycles. The van der Waals surface area contributed by atoms with Gasteiger partial charge in [0.1, 0.15) is 0 Å². The number of hydrogen-bond acceptors (Lipinski definition) is 2. The van der Waals surface area contributed by atoms with Crippen molar-refractivity contribution >= 4 is 15.9 Å². The largest absolute Gasteiger partial charge is 0.330 e. The Hall–Kier alpha value is -0.670. The summed E-state index contributed by atoms with van der Waals surface area (Å²) in [6.45, 7) is 2.84. The molecule has 0 aliphatic heterocycles. The molecule has 1 heterocycles. The maximum atomic E-state index is 5.43.